The van der Waals surface area contributed by atoms with Crippen LogP contribution in [-0.2, 0) is 18.5 Å². The standard InChI is InChI=1S/C26H28ClN5O/c1-25(9-4-5-10-25)16-32-23(27)21(14-29-32)26(2)11-8-19(13-28)30-22(26)17-6-7-18-15-31(3)24(33)20(18)12-17/h6-8,12,14H,4-5,9-11,15-16H2,1-3H3. The number of aliphatic imine (C=N–C) groups is 1. The largest absolute Gasteiger partial charge is 0.337 e. The summed E-state index contributed by atoms with van der Waals surface area (Å²) >= 11 is 6.95. The maximum Gasteiger partial charge on any atom is 0.254 e. The number of aromatic nitrogens is 2. The molecule has 3 heterocycles. The van der Waals surface area contributed by atoms with Crippen LogP contribution in [0.2, 0.25) is 5.15 Å². The number of nitrogens with zero attached hydrogens (tertiary/aromatic N) is 5. The molecule has 170 valence electrons. The Morgan fingerprint density at radius 2 is 2.00 bits per heavy atom. The molecule has 1 saturated carbocycles. The third-order valence-corrected chi connectivity index (χ3v) is 8.05. The Hall–Kier alpha value is -2.91. The molecule has 33 heavy (non-hydrogen) atoms. The lowest BCUT2D eigenvalue weighted by Crippen LogP contribution is -2.35. The molecule has 0 bridgehead atoms. The van der Waals surface area contributed by atoms with Gasteiger partial charge in [-0.15, -0.1) is 0 Å². The van der Waals surface area contributed by atoms with E-state index >= 15 is 0 Å². The van der Waals surface area contributed by atoms with Gasteiger partial charge in [-0.25, -0.2) is 4.99 Å². The number of hydrogen-bond donors (Lipinski definition) is 0. The maximum atomic E-state index is 12.6. The molecule has 0 saturated heterocycles. The van der Waals surface area contributed by atoms with Crippen LogP contribution in [-0.4, -0.2) is 33.3 Å². The van der Waals surface area contributed by atoms with E-state index in [2.05, 4.69) is 25.0 Å². The van der Waals surface area contributed by atoms with Crippen LogP contribution in [0.3, 0.4) is 0 Å². The molecular weight excluding hydrogens is 434 g/mol. The zero-order valence-corrected chi connectivity index (χ0v) is 20.1. The number of allylic oxidation sites excluding steroid dienone is 2. The van der Waals surface area contributed by atoms with Crippen LogP contribution in [0.1, 0.15) is 73.0 Å². The monoisotopic (exact) mass is 461 g/mol. The molecule has 7 heteroatoms. The van der Waals surface area contributed by atoms with Gasteiger partial charge >= 0.3 is 0 Å². The zero-order valence-electron chi connectivity index (χ0n) is 19.4. The fourth-order valence-corrected chi connectivity index (χ4v) is 5.93. The second kappa shape index (κ2) is 7.85. The highest BCUT2D eigenvalue weighted by atomic mass is 35.5. The summed E-state index contributed by atoms with van der Waals surface area (Å²) in [6.07, 6.45) is 9.19. The van der Waals surface area contributed by atoms with Gasteiger partial charge in [-0.3, -0.25) is 9.48 Å². The molecule has 1 fully saturated rings. The third kappa shape index (κ3) is 3.59. The molecule has 1 atom stereocenters. The van der Waals surface area contributed by atoms with Crippen molar-refractivity contribution in [2.75, 3.05) is 7.05 Å². The number of carbonyl (C=O) groups excluding carboxylic acids is 1. The second-order valence-corrected chi connectivity index (χ2v) is 10.6. The molecule has 1 aromatic carbocycles. The van der Waals surface area contributed by atoms with Gasteiger partial charge in [0.05, 0.1) is 11.9 Å². The van der Waals surface area contributed by atoms with Crippen molar-refractivity contribution >= 4 is 23.2 Å². The Kier molecular flexibility index (Phi) is 5.21. The van der Waals surface area contributed by atoms with Crippen LogP contribution in [0, 0.1) is 16.7 Å². The molecule has 1 unspecified atom stereocenters. The number of amides is 1. The van der Waals surface area contributed by atoms with E-state index < -0.39 is 5.41 Å². The van der Waals surface area contributed by atoms with E-state index in [-0.39, 0.29) is 11.3 Å². The van der Waals surface area contributed by atoms with Crippen LogP contribution in [0.25, 0.3) is 0 Å². The maximum absolute atomic E-state index is 12.6. The highest BCUT2D eigenvalue weighted by Gasteiger charge is 2.40. The Bertz CT molecular complexity index is 1240. The number of nitriles is 1. The molecule has 0 N–H and O–H groups in total. The minimum Gasteiger partial charge on any atom is -0.337 e. The van der Waals surface area contributed by atoms with Crippen molar-refractivity contribution in [2.45, 2.75) is 64.5 Å². The van der Waals surface area contributed by atoms with Gasteiger partial charge in [0.25, 0.3) is 5.91 Å². The zero-order chi connectivity index (χ0) is 23.4. The van der Waals surface area contributed by atoms with Gasteiger partial charge in [0.1, 0.15) is 16.9 Å². The lowest BCUT2D eigenvalue weighted by atomic mass is 9.72. The van der Waals surface area contributed by atoms with Gasteiger partial charge in [-0.2, -0.15) is 10.4 Å². The predicted molar refractivity (Wildman–Crippen MR) is 128 cm³/mol. The summed E-state index contributed by atoms with van der Waals surface area (Å²) in [7, 11) is 1.81. The van der Waals surface area contributed by atoms with Gasteiger partial charge < -0.3 is 4.90 Å². The molecule has 2 aromatic rings. The number of carbonyl (C=O) groups is 1. The van der Waals surface area contributed by atoms with Crippen molar-refractivity contribution in [3.8, 4) is 6.07 Å². The lowest BCUT2D eigenvalue weighted by molar-refractivity contribution is 0.0816. The van der Waals surface area contributed by atoms with E-state index in [9.17, 15) is 10.1 Å². The van der Waals surface area contributed by atoms with E-state index in [4.69, 9.17) is 16.6 Å². The topological polar surface area (TPSA) is 74.3 Å². The minimum absolute atomic E-state index is 0.0108. The molecule has 3 aliphatic rings. The van der Waals surface area contributed by atoms with Crippen molar-refractivity contribution in [2.24, 2.45) is 10.4 Å². The number of halogens is 1. The van der Waals surface area contributed by atoms with E-state index in [1.54, 1.807) is 11.9 Å². The first kappa shape index (κ1) is 21.9. The second-order valence-electron chi connectivity index (χ2n) is 10.3. The van der Waals surface area contributed by atoms with Crippen LogP contribution in [0.15, 0.2) is 41.2 Å². The van der Waals surface area contributed by atoms with Crippen LogP contribution in [0.4, 0.5) is 0 Å². The number of rotatable bonds is 4. The smallest absolute Gasteiger partial charge is 0.254 e. The van der Waals surface area contributed by atoms with Gasteiger partial charge in [0.15, 0.2) is 0 Å². The molecular formula is C26H28ClN5O. The fraction of sp³-hybridized carbons (Fsp3) is 0.462. The first-order chi connectivity index (χ1) is 15.7. The Morgan fingerprint density at radius 1 is 1.24 bits per heavy atom. The van der Waals surface area contributed by atoms with Gasteiger partial charge in [0, 0.05) is 36.7 Å². The molecule has 2 aliphatic heterocycles. The average molecular weight is 462 g/mol. The normalized spacial score (nSPS) is 23.8. The summed E-state index contributed by atoms with van der Waals surface area (Å²) in [5.41, 5.74) is 4.24. The van der Waals surface area contributed by atoms with E-state index in [1.807, 2.05) is 35.2 Å². The molecule has 0 radical (unpaired) electrons. The summed E-state index contributed by atoms with van der Waals surface area (Å²) in [6, 6.07) is 8.08. The summed E-state index contributed by atoms with van der Waals surface area (Å²) in [5, 5.41) is 14.8. The molecule has 1 amide bonds. The quantitative estimate of drug-likeness (QED) is 0.623. The van der Waals surface area contributed by atoms with Crippen molar-refractivity contribution in [3.63, 3.8) is 0 Å². The summed E-state index contributed by atoms with van der Waals surface area (Å²) in [6.45, 7) is 5.82. The van der Waals surface area contributed by atoms with Crippen LogP contribution in [0.5, 0.6) is 0 Å². The Labute approximate surface area is 199 Å². The molecule has 6 nitrogen and oxygen atoms in total. The number of hydrogen-bond acceptors (Lipinski definition) is 4. The lowest BCUT2D eigenvalue weighted by Gasteiger charge is -2.33. The first-order valence-corrected chi connectivity index (χ1v) is 11.9. The fourth-order valence-electron chi connectivity index (χ4n) is 5.57. The third-order valence-electron chi connectivity index (χ3n) is 7.65. The average Bonchev–Trinajstić information content (AvgIpc) is 3.47. The highest BCUT2D eigenvalue weighted by molar-refractivity contribution is 6.31. The Morgan fingerprint density at radius 3 is 2.73 bits per heavy atom. The summed E-state index contributed by atoms with van der Waals surface area (Å²) < 4.78 is 1.93. The minimum atomic E-state index is -0.561. The summed E-state index contributed by atoms with van der Waals surface area (Å²) in [4.78, 5) is 19.1. The van der Waals surface area contributed by atoms with Gasteiger partial charge in [-0.05, 0) is 54.9 Å². The summed E-state index contributed by atoms with van der Waals surface area (Å²) in [5.74, 6) is 0.0108. The van der Waals surface area contributed by atoms with Crippen molar-refractivity contribution < 1.29 is 4.79 Å². The van der Waals surface area contributed by atoms with E-state index in [0.29, 0.717) is 29.4 Å². The van der Waals surface area contributed by atoms with E-state index in [1.165, 1.54) is 25.7 Å². The van der Waals surface area contributed by atoms with Crippen molar-refractivity contribution in [1.82, 2.24) is 14.7 Å². The molecule has 1 aliphatic carbocycles. The SMILES string of the molecule is CN1Cc2ccc(C3=NC(C#N)=CCC3(C)c3cnn(CC4(C)CCCC4)c3Cl)cc2C1=O. The van der Waals surface area contributed by atoms with Crippen LogP contribution < -0.4 is 0 Å². The van der Waals surface area contributed by atoms with E-state index in [0.717, 1.165) is 28.9 Å². The predicted octanol–water partition coefficient (Wildman–Crippen LogP) is 5.26. The highest BCUT2D eigenvalue weighted by Crippen LogP contribution is 2.43. The van der Waals surface area contributed by atoms with Crippen molar-refractivity contribution in [3.05, 3.63) is 63.6 Å². The van der Waals surface area contributed by atoms with Gasteiger partial charge in [0.2, 0.25) is 0 Å². The van der Waals surface area contributed by atoms with Crippen LogP contribution >= 0.6 is 11.6 Å². The molecule has 1 aromatic heterocycles. The number of fused-ring (bicyclic) bond motifs is 1. The Balaban J connectivity index is 1.56. The van der Waals surface area contributed by atoms with Crippen molar-refractivity contribution in [1.29, 1.82) is 5.26 Å². The first-order valence-electron chi connectivity index (χ1n) is 11.5. The number of benzene rings is 1. The molecule has 0 spiro atoms. The molecule has 5 rings (SSSR count). The van der Waals surface area contributed by atoms with Gasteiger partial charge in [-0.1, -0.05) is 43.5 Å².